The molecule has 31 heavy (non-hydrogen) atoms. The summed E-state index contributed by atoms with van der Waals surface area (Å²) in [6.07, 6.45) is 3.41. The Labute approximate surface area is 182 Å². The highest BCUT2D eigenvalue weighted by atomic mass is 16.5. The van der Waals surface area contributed by atoms with E-state index in [1.54, 1.807) is 24.2 Å². The molecule has 1 atom stereocenters. The Morgan fingerprint density at radius 1 is 1.13 bits per heavy atom. The lowest BCUT2D eigenvalue weighted by Gasteiger charge is -2.35. The molecule has 1 aliphatic heterocycles. The minimum Gasteiger partial charge on any atom is -0.497 e. The molecular weight excluding hydrogens is 392 g/mol. The summed E-state index contributed by atoms with van der Waals surface area (Å²) < 4.78 is 12.6. The molecule has 0 bridgehead atoms. The Morgan fingerprint density at radius 2 is 1.87 bits per heavy atom. The molecule has 1 amide bonds. The topological polar surface area (TPSA) is 68.6 Å². The molecule has 2 aromatic carbocycles. The molecule has 1 fully saturated rings. The van der Waals surface area contributed by atoms with Crippen molar-refractivity contribution in [3.8, 4) is 5.75 Å². The average molecular weight is 421 g/mol. The zero-order chi connectivity index (χ0) is 21.5. The normalized spacial score (nSPS) is 15.4. The van der Waals surface area contributed by atoms with E-state index in [1.807, 2.05) is 42.5 Å². The van der Waals surface area contributed by atoms with Crippen LogP contribution in [0, 0.1) is 0 Å². The first-order chi connectivity index (χ1) is 15.2. The number of carbonyl (C=O) groups excluding carboxylic acids is 1. The molecule has 0 spiro atoms. The summed E-state index contributed by atoms with van der Waals surface area (Å²) >= 11 is 0. The second-order valence-corrected chi connectivity index (χ2v) is 7.56. The van der Waals surface area contributed by atoms with E-state index in [0.29, 0.717) is 31.9 Å². The number of benzene rings is 2. The van der Waals surface area contributed by atoms with E-state index in [0.717, 1.165) is 30.0 Å². The number of aromatic nitrogens is 2. The molecule has 0 unspecified atom stereocenters. The van der Waals surface area contributed by atoms with Crippen LogP contribution < -0.4 is 10.1 Å². The van der Waals surface area contributed by atoms with Crippen LogP contribution in [0.15, 0.2) is 67.0 Å². The Balaban J connectivity index is 1.42. The summed E-state index contributed by atoms with van der Waals surface area (Å²) in [7, 11) is 1.66. The summed E-state index contributed by atoms with van der Waals surface area (Å²) in [6.45, 7) is 4.22. The molecule has 1 N–H and O–H groups in total. The number of hydrogen-bond donors (Lipinski definition) is 1. The first-order valence-electron chi connectivity index (χ1n) is 10.5. The molecule has 1 aliphatic rings. The fourth-order valence-electron chi connectivity index (χ4n) is 3.80. The zero-order valence-electron chi connectivity index (χ0n) is 17.7. The first-order valence-corrected chi connectivity index (χ1v) is 10.5. The number of nitrogens with zero attached hydrogens (tertiary/aromatic N) is 3. The largest absolute Gasteiger partial charge is 0.497 e. The predicted octanol–water partition coefficient (Wildman–Crippen LogP) is 2.74. The molecule has 7 nitrogen and oxygen atoms in total. The van der Waals surface area contributed by atoms with Crippen LogP contribution in [0.5, 0.6) is 5.75 Å². The second kappa shape index (κ2) is 10.2. The third-order valence-electron chi connectivity index (χ3n) is 5.53. The fourth-order valence-corrected chi connectivity index (χ4v) is 3.80. The van der Waals surface area contributed by atoms with Crippen LogP contribution in [0.3, 0.4) is 0 Å². The number of hydrogen-bond acceptors (Lipinski definition) is 5. The Morgan fingerprint density at radius 3 is 2.58 bits per heavy atom. The van der Waals surface area contributed by atoms with Crippen LogP contribution in [0.2, 0.25) is 0 Å². The van der Waals surface area contributed by atoms with E-state index in [2.05, 4.69) is 27.4 Å². The van der Waals surface area contributed by atoms with E-state index in [4.69, 9.17) is 9.47 Å². The molecule has 162 valence electrons. The smallest absolute Gasteiger partial charge is 0.254 e. The lowest BCUT2D eigenvalue weighted by atomic mass is 10.0. The predicted molar refractivity (Wildman–Crippen MR) is 118 cm³/mol. The molecule has 1 aromatic heterocycles. The van der Waals surface area contributed by atoms with Gasteiger partial charge in [-0.25, -0.2) is 0 Å². The van der Waals surface area contributed by atoms with E-state index in [9.17, 15) is 4.79 Å². The number of morpholine rings is 1. The molecule has 4 rings (SSSR count). The second-order valence-electron chi connectivity index (χ2n) is 7.56. The maximum absolute atomic E-state index is 12.8. The van der Waals surface area contributed by atoms with Crippen LogP contribution >= 0.6 is 0 Å². The third-order valence-corrected chi connectivity index (χ3v) is 5.53. The highest BCUT2D eigenvalue weighted by molar-refractivity contribution is 5.93. The summed E-state index contributed by atoms with van der Waals surface area (Å²) in [5.41, 5.74) is 2.85. The minimum atomic E-state index is -0.119. The summed E-state index contributed by atoms with van der Waals surface area (Å²) in [6, 6.07) is 18.2. The fraction of sp³-hybridized carbons (Fsp3) is 0.333. The van der Waals surface area contributed by atoms with Gasteiger partial charge < -0.3 is 14.8 Å². The van der Waals surface area contributed by atoms with E-state index in [-0.39, 0.29) is 11.9 Å². The Kier molecular flexibility index (Phi) is 6.96. The standard InChI is InChI=1S/C24H28N4O3/c1-30-22-9-7-20(8-10-22)23(27-11-13-31-14-12-27)16-25-24(29)21-15-26-28(18-21)17-19-5-3-2-4-6-19/h2-10,15,18,23H,11-14,16-17H2,1H3,(H,25,29)/t23-/m1/s1. The highest BCUT2D eigenvalue weighted by Crippen LogP contribution is 2.23. The lowest BCUT2D eigenvalue weighted by molar-refractivity contribution is 0.0162. The maximum Gasteiger partial charge on any atom is 0.254 e. The van der Waals surface area contributed by atoms with Gasteiger partial charge in [-0.05, 0) is 23.3 Å². The highest BCUT2D eigenvalue weighted by Gasteiger charge is 2.23. The van der Waals surface area contributed by atoms with Gasteiger partial charge in [0.25, 0.3) is 5.91 Å². The van der Waals surface area contributed by atoms with Crippen molar-refractivity contribution in [2.75, 3.05) is 40.0 Å². The van der Waals surface area contributed by atoms with Crippen molar-refractivity contribution in [1.82, 2.24) is 20.0 Å². The van der Waals surface area contributed by atoms with Crippen LogP contribution in [0.25, 0.3) is 0 Å². The molecule has 0 saturated carbocycles. The minimum absolute atomic E-state index is 0.0677. The van der Waals surface area contributed by atoms with E-state index < -0.39 is 0 Å². The zero-order valence-corrected chi connectivity index (χ0v) is 17.7. The third kappa shape index (κ3) is 5.51. The van der Waals surface area contributed by atoms with Gasteiger partial charge in [-0.2, -0.15) is 5.10 Å². The number of methoxy groups -OCH3 is 1. The van der Waals surface area contributed by atoms with Crippen molar-refractivity contribution in [1.29, 1.82) is 0 Å². The van der Waals surface area contributed by atoms with Gasteiger partial charge in [0.2, 0.25) is 0 Å². The molecule has 2 heterocycles. The van der Waals surface area contributed by atoms with Crippen LogP contribution in [0.1, 0.15) is 27.5 Å². The van der Waals surface area contributed by atoms with Gasteiger partial charge in [-0.15, -0.1) is 0 Å². The summed E-state index contributed by atoms with van der Waals surface area (Å²) in [5, 5.41) is 7.44. The molecular formula is C24H28N4O3. The average Bonchev–Trinajstić information content (AvgIpc) is 3.29. The Hall–Kier alpha value is -3.16. The maximum atomic E-state index is 12.8. The number of ether oxygens (including phenoxy) is 2. The summed E-state index contributed by atoms with van der Waals surface area (Å²) in [4.78, 5) is 15.2. The molecule has 1 saturated heterocycles. The van der Waals surface area contributed by atoms with Gasteiger partial charge in [-0.1, -0.05) is 42.5 Å². The van der Waals surface area contributed by atoms with Crippen LogP contribution in [0.4, 0.5) is 0 Å². The van der Waals surface area contributed by atoms with E-state index in [1.165, 1.54) is 0 Å². The van der Waals surface area contributed by atoms with Gasteiger partial charge in [-0.3, -0.25) is 14.4 Å². The van der Waals surface area contributed by atoms with Crippen LogP contribution in [-0.4, -0.2) is 60.5 Å². The van der Waals surface area contributed by atoms with Crippen molar-refractivity contribution in [2.45, 2.75) is 12.6 Å². The van der Waals surface area contributed by atoms with Gasteiger partial charge in [0, 0.05) is 25.8 Å². The van der Waals surface area contributed by atoms with Crippen molar-refractivity contribution >= 4 is 5.91 Å². The van der Waals surface area contributed by atoms with Crippen molar-refractivity contribution in [2.24, 2.45) is 0 Å². The van der Waals surface area contributed by atoms with Gasteiger partial charge in [0.1, 0.15) is 5.75 Å². The quantitative estimate of drug-likeness (QED) is 0.607. The van der Waals surface area contributed by atoms with Crippen LogP contribution in [-0.2, 0) is 11.3 Å². The number of carbonyl (C=O) groups is 1. The molecule has 0 radical (unpaired) electrons. The van der Waals surface area contributed by atoms with Crippen molar-refractivity contribution in [3.05, 3.63) is 83.7 Å². The molecule has 3 aromatic rings. The van der Waals surface area contributed by atoms with E-state index >= 15 is 0 Å². The molecule has 7 heteroatoms. The van der Waals surface area contributed by atoms with Gasteiger partial charge >= 0.3 is 0 Å². The van der Waals surface area contributed by atoms with Gasteiger partial charge in [0.05, 0.1) is 44.7 Å². The molecule has 0 aliphatic carbocycles. The number of rotatable bonds is 8. The number of nitrogens with one attached hydrogen (secondary N) is 1. The first kappa shape index (κ1) is 21.1. The van der Waals surface area contributed by atoms with Gasteiger partial charge in [0.15, 0.2) is 0 Å². The lowest BCUT2D eigenvalue weighted by Crippen LogP contribution is -2.43. The monoisotopic (exact) mass is 420 g/mol. The Bertz CT molecular complexity index is 966. The van der Waals surface area contributed by atoms with Crippen molar-refractivity contribution < 1.29 is 14.3 Å². The SMILES string of the molecule is COc1ccc([C@@H](CNC(=O)c2cnn(Cc3ccccc3)c2)N2CCOCC2)cc1. The number of amides is 1. The summed E-state index contributed by atoms with van der Waals surface area (Å²) in [5.74, 6) is 0.699. The van der Waals surface area contributed by atoms with Crippen molar-refractivity contribution in [3.63, 3.8) is 0 Å².